The predicted molar refractivity (Wildman–Crippen MR) is 128 cm³/mol. The molecule has 33 heavy (non-hydrogen) atoms. The molecule has 3 aliphatic rings. The molecule has 0 bridgehead atoms. The summed E-state index contributed by atoms with van der Waals surface area (Å²) in [6.45, 7) is 2.30. The minimum atomic E-state index is -0.0686. The van der Waals surface area contributed by atoms with Gasteiger partial charge in [0.1, 0.15) is 11.6 Å². The van der Waals surface area contributed by atoms with Crippen LogP contribution >= 0.6 is 0 Å². The Balaban J connectivity index is 1.32. The van der Waals surface area contributed by atoms with E-state index in [-0.39, 0.29) is 11.3 Å². The zero-order valence-electron chi connectivity index (χ0n) is 19.5. The number of aryl methyl sites for hydroxylation is 1. The Morgan fingerprint density at radius 3 is 2.88 bits per heavy atom. The lowest BCUT2D eigenvalue weighted by Gasteiger charge is -2.50. The highest BCUT2D eigenvalue weighted by Crippen LogP contribution is 2.62. The van der Waals surface area contributed by atoms with Crippen LogP contribution in [0.25, 0.3) is 0 Å². The Labute approximate surface area is 195 Å². The third-order valence-corrected chi connectivity index (χ3v) is 8.62. The molecular weight excluding hydrogens is 414 g/mol. The van der Waals surface area contributed by atoms with E-state index in [2.05, 4.69) is 46.6 Å². The number of hydrogen-bond acceptors (Lipinski definition) is 5. The SMILES string of the molecule is COc1ccc(NC(=O)CC[C@@H]2C/C(=N\O)[C@@]3(C)CCC4c5ccccc5CCC4C23)nc1. The van der Waals surface area contributed by atoms with Crippen molar-refractivity contribution in [2.45, 2.75) is 57.8 Å². The van der Waals surface area contributed by atoms with Crippen LogP contribution in [0, 0.1) is 23.2 Å². The second kappa shape index (κ2) is 8.81. The van der Waals surface area contributed by atoms with Crippen LogP contribution in [-0.4, -0.2) is 28.9 Å². The Hall–Kier alpha value is -2.89. The molecule has 2 N–H and O–H groups in total. The first kappa shape index (κ1) is 21.9. The van der Waals surface area contributed by atoms with Gasteiger partial charge in [0, 0.05) is 11.8 Å². The Morgan fingerprint density at radius 1 is 1.27 bits per heavy atom. The molecule has 174 valence electrons. The number of aromatic nitrogens is 1. The molecule has 2 aromatic rings. The molecule has 2 saturated carbocycles. The summed E-state index contributed by atoms with van der Waals surface area (Å²) in [6.07, 6.45) is 8.12. The summed E-state index contributed by atoms with van der Waals surface area (Å²) in [5.74, 6) is 3.13. The highest BCUT2D eigenvalue weighted by Gasteiger charge is 2.57. The van der Waals surface area contributed by atoms with Crippen molar-refractivity contribution in [3.63, 3.8) is 0 Å². The average molecular weight is 448 g/mol. The van der Waals surface area contributed by atoms with Crippen LogP contribution in [-0.2, 0) is 11.2 Å². The van der Waals surface area contributed by atoms with E-state index in [4.69, 9.17) is 4.74 Å². The van der Waals surface area contributed by atoms with Gasteiger partial charge in [0.15, 0.2) is 0 Å². The number of nitrogens with zero attached hydrogens (tertiary/aromatic N) is 2. The van der Waals surface area contributed by atoms with Crippen LogP contribution in [0.1, 0.15) is 62.5 Å². The number of benzene rings is 1. The molecular formula is C27H33N3O3. The maximum atomic E-state index is 12.7. The number of rotatable bonds is 5. The fourth-order valence-electron chi connectivity index (χ4n) is 7.12. The molecule has 1 heterocycles. The number of amides is 1. The molecule has 3 unspecified atom stereocenters. The topological polar surface area (TPSA) is 83.8 Å². The molecule has 1 aromatic carbocycles. The number of ether oxygens (including phenoxy) is 1. The summed E-state index contributed by atoms with van der Waals surface area (Å²) in [5, 5.41) is 16.5. The van der Waals surface area contributed by atoms with Crippen LogP contribution in [0.5, 0.6) is 5.75 Å². The molecule has 5 atom stereocenters. The third-order valence-electron chi connectivity index (χ3n) is 8.62. The van der Waals surface area contributed by atoms with Gasteiger partial charge in [-0.05, 0) is 85.5 Å². The lowest BCUT2D eigenvalue weighted by molar-refractivity contribution is -0.116. The second-order valence-corrected chi connectivity index (χ2v) is 10.2. The molecule has 1 amide bonds. The van der Waals surface area contributed by atoms with Crippen LogP contribution in [0.4, 0.5) is 5.82 Å². The first-order chi connectivity index (χ1) is 16.0. The number of fused-ring (bicyclic) bond motifs is 5. The van der Waals surface area contributed by atoms with E-state index in [1.165, 1.54) is 17.5 Å². The molecule has 5 rings (SSSR count). The van der Waals surface area contributed by atoms with E-state index >= 15 is 0 Å². The van der Waals surface area contributed by atoms with E-state index in [0.29, 0.717) is 41.7 Å². The summed E-state index contributed by atoms with van der Waals surface area (Å²) in [5.41, 5.74) is 3.89. The second-order valence-electron chi connectivity index (χ2n) is 10.2. The van der Waals surface area contributed by atoms with Crippen LogP contribution in [0.3, 0.4) is 0 Å². The van der Waals surface area contributed by atoms with Gasteiger partial charge in [-0.1, -0.05) is 36.3 Å². The minimum Gasteiger partial charge on any atom is -0.495 e. The van der Waals surface area contributed by atoms with Gasteiger partial charge in [0.2, 0.25) is 5.91 Å². The van der Waals surface area contributed by atoms with E-state index in [1.807, 2.05) is 0 Å². The minimum absolute atomic E-state index is 0.0230. The summed E-state index contributed by atoms with van der Waals surface area (Å²) in [7, 11) is 1.59. The van der Waals surface area contributed by atoms with Crippen molar-refractivity contribution >= 4 is 17.4 Å². The standard InChI is InChI=1S/C27H33N3O3/c1-27-14-13-21-20-6-4-3-5-17(20)7-10-22(21)26(27)18(15-23(27)30-32)8-12-25(31)29-24-11-9-19(33-2)16-28-24/h3-6,9,11,16,18,21-22,26,32H,7-8,10,12-15H2,1-2H3,(H,28,29,31)/b30-23+/t18-,21?,22?,26?,27-/m1/s1. The maximum Gasteiger partial charge on any atom is 0.225 e. The van der Waals surface area contributed by atoms with E-state index in [1.54, 1.807) is 25.4 Å². The molecule has 6 nitrogen and oxygen atoms in total. The summed E-state index contributed by atoms with van der Waals surface area (Å²) >= 11 is 0. The van der Waals surface area contributed by atoms with Crippen LogP contribution in [0.15, 0.2) is 47.8 Å². The van der Waals surface area contributed by atoms with Crippen molar-refractivity contribution in [3.8, 4) is 5.75 Å². The smallest absolute Gasteiger partial charge is 0.225 e. The molecule has 3 aliphatic carbocycles. The number of carbonyl (C=O) groups excluding carboxylic acids is 1. The molecule has 0 spiro atoms. The largest absolute Gasteiger partial charge is 0.495 e. The number of methoxy groups -OCH3 is 1. The van der Waals surface area contributed by atoms with Gasteiger partial charge in [-0.2, -0.15) is 0 Å². The van der Waals surface area contributed by atoms with Gasteiger partial charge in [0.25, 0.3) is 0 Å². The number of hydrogen-bond donors (Lipinski definition) is 2. The van der Waals surface area contributed by atoms with E-state index in [9.17, 15) is 10.0 Å². The van der Waals surface area contributed by atoms with Crippen molar-refractivity contribution in [2.24, 2.45) is 28.3 Å². The lowest BCUT2D eigenvalue weighted by Crippen LogP contribution is -2.44. The molecule has 0 saturated heterocycles. The zero-order chi connectivity index (χ0) is 23.0. The van der Waals surface area contributed by atoms with E-state index in [0.717, 1.165) is 37.8 Å². The van der Waals surface area contributed by atoms with Crippen LogP contribution in [0.2, 0.25) is 0 Å². The quantitative estimate of drug-likeness (QED) is 0.473. The predicted octanol–water partition coefficient (Wildman–Crippen LogP) is 5.42. The van der Waals surface area contributed by atoms with Crippen molar-refractivity contribution in [1.82, 2.24) is 4.98 Å². The highest BCUT2D eigenvalue weighted by atomic mass is 16.5. The highest BCUT2D eigenvalue weighted by molar-refractivity contribution is 5.93. The number of carbonyl (C=O) groups is 1. The van der Waals surface area contributed by atoms with E-state index < -0.39 is 0 Å². The van der Waals surface area contributed by atoms with Gasteiger partial charge in [-0.3, -0.25) is 4.79 Å². The molecule has 6 heteroatoms. The summed E-state index contributed by atoms with van der Waals surface area (Å²) in [4.78, 5) is 16.9. The molecule has 1 aromatic heterocycles. The van der Waals surface area contributed by atoms with Crippen molar-refractivity contribution < 1.29 is 14.7 Å². The monoisotopic (exact) mass is 447 g/mol. The zero-order valence-corrected chi connectivity index (χ0v) is 19.5. The van der Waals surface area contributed by atoms with Gasteiger partial charge in [-0.25, -0.2) is 4.98 Å². The summed E-state index contributed by atoms with van der Waals surface area (Å²) in [6, 6.07) is 12.5. The van der Waals surface area contributed by atoms with Crippen molar-refractivity contribution in [3.05, 3.63) is 53.7 Å². The summed E-state index contributed by atoms with van der Waals surface area (Å²) < 4.78 is 5.13. The fourth-order valence-corrected chi connectivity index (χ4v) is 7.12. The maximum absolute atomic E-state index is 12.7. The van der Waals surface area contributed by atoms with Gasteiger partial charge in [-0.15, -0.1) is 0 Å². The van der Waals surface area contributed by atoms with Gasteiger partial charge < -0.3 is 15.3 Å². The van der Waals surface area contributed by atoms with Crippen molar-refractivity contribution in [2.75, 3.05) is 12.4 Å². The third kappa shape index (κ3) is 3.90. The Bertz CT molecular complexity index is 1050. The molecule has 0 aliphatic heterocycles. The lowest BCUT2D eigenvalue weighted by atomic mass is 9.54. The number of pyridine rings is 1. The van der Waals surface area contributed by atoms with Gasteiger partial charge >= 0.3 is 0 Å². The first-order valence-corrected chi connectivity index (χ1v) is 12.1. The number of anilines is 1. The normalized spacial score (nSPS) is 31.4. The van der Waals surface area contributed by atoms with Crippen molar-refractivity contribution in [1.29, 1.82) is 0 Å². The fraction of sp³-hybridized carbons (Fsp3) is 0.519. The average Bonchev–Trinajstić information content (AvgIpc) is 3.14. The number of oxime groups is 1. The Morgan fingerprint density at radius 2 is 2.12 bits per heavy atom. The number of nitrogens with one attached hydrogen (secondary N) is 1. The van der Waals surface area contributed by atoms with Crippen LogP contribution < -0.4 is 10.1 Å². The molecule has 0 radical (unpaired) electrons. The first-order valence-electron chi connectivity index (χ1n) is 12.1. The Kier molecular flexibility index (Phi) is 5.85. The molecule has 2 fully saturated rings. The van der Waals surface area contributed by atoms with Gasteiger partial charge in [0.05, 0.1) is 19.0 Å².